The van der Waals surface area contributed by atoms with Crippen LogP contribution >= 0.6 is 0 Å². The smallest absolute Gasteiger partial charge is 0.0629 e. The van der Waals surface area contributed by atoms with Crippen LogP contribution in [0.3, 0.4) is 0 Å². The van der Waals surface area contributed by atoms with Crippen LogP contribution in [0.15, 0.2) is 0 Å². The van der Waals surface area contributed by atoms with Crippen molar-refractivity contribution in [3.8, 4) is 0 Å². The van der Waals surface area contributed by atoms with Crippen molar-refractivity contribution in [3.63, 3.8) is 0 Å². The molecule has 3 atom stereocenters. The van der Waals surface area contributed by atoms with Crippen molar-refractivity contribution in [1.29, 1.82) is 0 Å². The van der Waals surface area contributed by atoms with E-state index in [2.05, 4.69) is 39.3 Å². The summed E-state index contributed by atoms with van der Waals surface area (Å²) in [4.78, 5) is 0. The maximum absolute atomic E-state index is 6.14. The van der Waals surface area contributed by atoms with Crippen molar-refractivity contribution in [2.75, 3.05) is 0 Å². The topological polar surface area (TPSA) is 43.8 Å². The predicted octanol–water partition coefficient (Wildman–Crippen LogP) is 3.78. The number of hydrogen-bond donors (Lipinski definition) is 1. The summed E-state index contributed by atoms with van der Waals surface area (Å²) in [7, 11) is 0. The fourth-order valence-corrected chi connectivity index (χ4v) is 3.86. The van der Waals surface area contributed by atoms with E-state index in [0.717, 1.165) is 24.7 Å². The number of hydrogen-bond acceptors (Lipinski definition) is 2. The van der Waals surface area contributed by atoms with Crippen molar-refractivity contribution in [1.82, 2.24) is 9.78 Å². The number of rotatable bonds is 4. The van der Waals surface area contributed by atoms with Gasteiger partial charge in [0.2, 0.25) is 0 Å². The van der Waals surface area contributed by atoms with Crippen LogP contribution in [0.2, 0.25) is 0 Å². The summed E-state index contributed by atoms with van der Waals surface area (Å²) >= 11 is 0. The molecule has 20 heavy (non-hydrogen) atoms. The van der Waals surface area contributed by atoms with Gasteiger partial charge in [-0.2, -0.15) is 5.10 Å². The monoisotopic (exact) mass is 277 g/mol. The van der Waals surface area contributed by atoms with E-state index in [1.54, 1.807) is 0 Å². The molecule has 3 unspecified atom stereocenters. The second-order valence-electron chi connectivity index (χ2n) is 7.04. The van der Waals surface area contributed by atoms with Gasteiger partial charge in [0.25, 0.3) is 0 Å². The van der Waals surface area contributed by atoms with E-state index in [0.29, 0.717) is 6.04 Å². The lowest BCUT2D eigenvalue weighted by Crippen LogP contribution is -2.25. The SMILES string of the molecule is CCC(N)Cc1c(C)nn(C2CC(C)CC(C)C2)c1C. The fourth-order valence-electron chi connectivity index (χ4n) is 3.86. The minimum absolute atomic E-state index is 0.259. The highest BCUT2D eigenvalue weighted by Gasteiger charge is 2.27. The highest BCUT2D eigenvalue weighted by atomic mass is 15.3. The first-order valence-corrected chi connectivity index (χ1v) is 8.22. The van der Waals surface area contributed by atoms with E-state index >= 15 is 0 Å². The molecule has 0 radical (unpaired) electrons. The summed E-state index contributed by atoms with van der Waals surface area (Å²) in [6.07, 6.45) is 5.90. The average molecular weight is 277 g/mol. The van der Waals surface area contributed by atoms with Crippen LogP contribution in [0, 0.1) is 25.7 Å². The first-order valence-electron chi connectivity index (χ1n) is 8.22. The third kappa shape index (κ3) is 3.25. The summed E-state index contributed by atoms with van der Waals surface area (Å²) in [6, 6.07) is 0.841. The zero-order valence-corrected chi connectivity index (χ0v) is 13.8. The van der Waals surface area contributed by atoms with Crippen LogP contribution in [-0.4, -0.2) is 15.8 Å². The third-order valence-electron chi connectivity index (χ3n) is 4.97. The standard InChI is InChI=1S/C17H31N3/c1-6-15(18)10-17-13(4)19-20(14(17)5)16-8-11(2)7-12(3)9-16/h11-12,15-16H,6-10,18H2,1-5H3. The quantitative estimate of drug-likeness (QED) is 0.910. The molecule has 0 aromatic carbocycles. The summed E-state index contributed by atoms with van der Waals surface area (Å²) in [5.41, 5.74) is 10.0. The number of aryl methyl sites for hydroxylation is 1. The minimum atomic E-state index is 0.259. The Morgan fingerprint density at radius 3 is 2.35 bits per heavy atom. The lowest BCUT2D eigenvalue weighted by Gasteiger charge is -2.32. The molecule has 1 aliphatic carbocycles. The summed E-state index contributed by atoms with van der Waals surface area (Å²) in [5, 5.41) is 4.85. The van der Waals surface area contributed by atoms with Gasteiger partial charge in [-0.1, -0.05) is 20.8 Å². The van der Waals surface area contributed by atoms with Gasteiger partial charge >= 0.3 is 0 Å². The van der Waals surface area contributed by atoms with Crippen molar-refractivity contribution < 1.29 is 0 Å². The molecule has 3 heteroatoms. The molecule has 0 saturated heterocycles. The van der Waals surface area contributed by atoms with Gasteiger partial charge in [0.15, 0.2) is 0 Å². The van der Waals surface area contributed by atoms with Gasteiger partial charge in [-0.3, -0.25) is 4.68 Å². The molecule has 1 aliphatic rings. The van der Waals surface area contributed by atoms with E-state index in [-0.39, 0.29) is 6.04 Å². The van der Waals surface area contributed by atoms with E-state index in [1.807, 2.05) is 0 Å². The second-order valence-corrected chi connectivity index (χ2v) is 7.04. The van der Waals surface area contributed by atoms with Crippen LogP contribution in [0.4, 0.5) is 0 Å². The van der Waals surface area contributed by atoms with E-state index < -0.39 is 0 Å². The van der Waals surface area contributed by atoms with Gasteiger partial charge in [0.05, 0.1) is 11.7 Å². The first-order chi connectivity index (χ1) is 9.42. The first kappa shape index (κ1) is 15.6. The van der Waals surface area contributed by atoms with Crippen LogP contribution in [0.25, 0.3) is 0 Å². The molecule has 0 aliphatic heterocycles. The highest BCUT2D eigenvalue weighted by molar-refractivity contribution is 5.26. The third-order valence-corrected chi connectivity index (χ3v) is 4.97. The predicted molar refractivity (Wildman–Crippen MR) is 84.9 cm³/mol. The fraction of sp³-hybridized carbons (Fsp3) is 0.824. The van der Waals surface area contributed by atoms with Gasteiger partial charge in [-0.25, -0.2) is 0 Å². The molecule has 2 rings (SSSR count). The maximum Gasteiger partial charge on any atom is 0.0629 e. The molecule has 114 valence electrons. The Bertz CT molecular complexity index is 439. The molecule has 1 aromatic heterocycles. The van der Waals surface area contributed by atoms with Crippen LogP contribution in [0.1, 0.15) is 69.4 Å². The molecule has 3 nitrogen and oxygen atoms in total. The largest absolute Gasteiger partial charge is 0.327 e. The van der Waals surface area contributed by atoms with Gasteiger partial charge in [0, 0.05) is 11.7 Å². The Morgan fingerprint density at radius 1 is 1.20 bits per heavy atom. The molecule has 2 N–H and O–H groups in total. The second kappa shape index (κ2) is 6.30. The summed E-state index contributed by atoms with van der Waals surface area (Å²) in [5.74, 6) is 1.63. The lowest BCUT2D eigenvalue weighted by molar-refractivity contribution is 0.207. The van der Waals surface area contributed by atoms with Crippen molar-refractivity contribution in [2.24, 2.45) is 17.6 Å². The average Bonchev–Trinajstić information content (AvgIpc) is 2.65. The number of nitrogens with two attached hydrogens (primary N) is 1. The van der Waals surface area contributed by atoms with E-state index in [9.17, 15) is 0 Å². The van der Waals surface area contributed by atoms with Crippen molar-refractivity contribution in [2.45, 2.75) is 78.8 Å². The Kier molecular flexibility index (Phi) is 4.90. The molecule has 1 saturated carbocycles. The Labute approximate surface area is 123 Å². The van der Waals surface area contributed by atoms with Crippen molar-refractivity contribution in [3.05, 3.63) is 17.0 Å². The summed E-state index contributed by atoms with van der Waals surface area (Å²) in [6.45, 7) is 11.3. The summed E-state index contributed by atoms with van der Waals surface area (Å²) < 4.78 is 2.30. The molecule has 1 aromatic rings. The van der Waals surface area contributed by atoms with Gasteiger partial charge in [0.1, 0.15) is 0 Å². The zero-order chi connectivity index (χ0) is 14.9. The minimum Gasteiger partial charge on any atom is -0.327 e. The molecule has 0 bridgehead atoms. The van der Waals surface area contributed by atoms with E-state index in [1.165, 1.54) is 36.2 Å². The van der Waals surface area contributed by atoms with Crippen LogP contribution < -0.4 is 5.73 Å². The molecule has 0 spiro atoms. The molecular formula is C17H31N3. The Balaban J connectivity index is 2.22. The van der Waals surface area contributed by atoms with Gasteiger partial charge < -0.3 is 5.73 Å². The maximum atomic E-state index is 6.14. The molecule has 1 heterocycles. The van der Waals surface area contributed by atoms with Crippen LogP contribution in [0.5, 0.6) is 0 Å². The number of nitrogens with zero attached hydrogens (tertiary/aromatic N) is 2. The normalized spacial score (nSPS) is 28.6. The molecular weight excluding hydrogens is 246 g/mol. The van der Waals surface area contributed by atoms with Crippen LogP contribution in [-0.2, 0) is 6.42 Å². The molecule has 0 amide bonds. The Hall–Kier alpha value is -0.830. The van der Waals surface area contributed by atoms with Gasteiger partial charge in [-0.05, 0) is 63.4 Å². The highest BCUT2D eigenvalue weighted by Crippen LogP contribution is 2.37. The lowest BCUT2D eigenvalue weighted by atomic mass is 9.80. The zero-order valence-electron chi connectivity index (χ0n) is 13.8. The Morgan fingerprint density at radius 2 is 1.80 bits per heavy atom. The number of aromatic nitrogens is 2. The molecule has 1 fully saturated rings. The van der Waals surface area contributed by atoms with Gasteiger partial charge in [-0.15, -0.1) is 0 Å². The van der Waals surface area contributed by atoms with E-state index in [4.69, 9.17) is 10.8 Å². The van der Waals surface area contributed by atoms with Crippen molar-refractivity contribution >= 4 is 0 Å².